The number of hydrogen-bond acceptors (Lipinski definition) is 6. The molecule has 1 heterocycles. The highest BCUT2D eigenvalue weighted by molar-refractivity contribution is 14.1. The molecule has 9 nitrogen and oxygen atoms in total. The number of hydrogen-bond donors (Lipinski definition) is 3. The number of aromatic nitrogens is 2. The monoisotopic (exact) mass is 507 g/mol. The van der Waals surface area contributed by atoms with Crippen LogP contribution in [0.15, 0.2) is 27.8 Å². The smallest absolute Gasteiger partial charge is 0.330 e. The minimum atomic E-state index is -1.22. The van der Waals surface area contributed by atoms with Gasteiger partial charge in [-0.2, -0.15) is 0 Å². The normalized spacial score (nSPS) is 12.1. The number of nitrogens with one attached hydrogen (secondary N) is 1. The van der Waals surface area contributed by atoms with E-state index in [0.29, 0.717) is 3.57 Å². The van der Waals surface area contributed by atoms with Gasteiger partial charge in [0.05, 0.1) is 6.61 Å². The van der Waals surface area contributed by atoms with E-state index in [1.807, 2.05) is 28.1 Å². The molecule has 0 fully saturated rings. The lowest BCUT2D eigenvalue weighted by Crippen LogP contribution is -2.45. The van der Waals surface area contributed by atoms with Crippen LogP contribution in [0.5, 0.6) is 0 Å². The lowest BCUT2D eigenvalue weighted by molar-refractivity contribution is -0.0296. The highest BCUT2D eigenvalue weighted by atomic mass is 127. The van der Waals surface area contributed by atoms with Crippen molar-refractivity contribution in [3.63, 3.8) is 0 Å². The first-order chi connectivity index (χ1) is 13.2. The maximum absolute atomic E-state index is 14.3. The summed E-state index contributed by atoms with van der Waals surface area (Å²) in [5, 5.41) is 18.0. The summed E-state index contributed by atoms with van der Waals surface area (Å²) < 4.78 is 16.8. The number of nitrogens with zero attached hydrogens (tertiary/aromatic N) is 2. The fraction of sp³-hybridized carbons (Fsp3) is 0.353. The van der Waals surface area contributed by atoms with Crippen molar-refractivity contribution in [1.82, 2.24) is 14.6 Å². The number of benzene rings is 1. The van der Waals surface area contributed by atoms with Gasteiger partial charge in [-0.3, -0.25) is 23.6 Å². The number of aliphatic hydroxyl groups excluding tert-OH is 2. The Kier molecular flexibility index (Phi) is 7.46. The van der Waals surface area contributed by atoms with Gasteiger partial charge >= 0.3 is 5.69 Å². The summed E-state index contributed by atoms with van der Waals surface area (Å²) in [6.45, 7) is -0.982. The molecule has 0 spiro atoms. The highest BCUT2D eigenvalue weighted by Gasteiger charge is 2.23. The molecule has 1 aromatic heterocycles. The minimum Gasteiger partial charge on any atom is -0.394 e. The molecule has 2 aromatic rings. The highest BCUT2D eigenvalue weighted by Crippen LogP contribution is 2.17. The molecule has 1 amide bonds. The Morgan fingerprint density at radius 2 is 2.00 bits per heavy atom. The van der Waals surface area contributed by atoms with Gasteiger partial charge in [-0.25, -0.2) is 14.7 Å². The summed E-state index contributed by atoms with van der Waals surface area (Å²) in [7, 11) is 2.59. The molecule has 2 rings (SSSR count). The van der Waals surface area contributed by atoms with E-state index < -0.39 is 42.3 Å². The van der Waals surface area contributed by atoms with E-state index in [1.54, 1.807) is 6.07 Å². The summed E-state index contributed by atoms with van der Waals surface area (Å²) in [6.07, 6.45) is -1.39. The number of halogens is 2. The van der Waals surface area contributed by atoms with Crippen molar-refractivity contribution in [3.05, 3.63) is 65.2 Å². The Morgan fingerprint density at radius 3 is 2.61 bits per heavy atom. The third-order valence-electron chi connectivity index (χ3n) is 4.04. The molecule has 0 aliphatic heterocycles. The van der Waals surface area contributed by atoms with Crippen molar-refractivity contribution >= 4 is 28.5 Å². The first kappa shape index (κ1) is 22.2. The van der Waals surface area contributed by atoms with Crippen molar-refractivity contribution in [3.8, 4) is 0 Å². The largest absolute Gasteiger partial charge is 0.394 e. The second kappa shape index (κ2) is 9.41. The third-order valence-corrected chi connectivity index (χ3v) is 4.71. The Hall–Kier alpha value is -2.09. The summed E-state index contributed by atoms with van der Waals surface area (Å²) in [5.74, 6) is -1.49. The van der Waals surface area contributed by atoms with Crippen LogP contribution in [0, 0.1) is 9.39 Å². The van der Waals surface area contributed by atoms with Crippen LogP contribution >= 0.6 is 22.6 Å². The molecular formula is C17H19FIN3O6. The van der Waals surface area contributed by atoms with Crippen molar-refractivity contribution in [2.24, 2.45) is 14.1 Å². The van der Waals surface area contributed by atoms with Crippen LogP contribution in [-0.2, 0) is 25.4 Å². The van der Waals surface area contributed by atoms with Gasteiger partial charge in [0.2, 0.25) is 0 Å². The lowest BCUT2D eigenvalue weighted by atomic mass is 10.0. The van der Waals surface area contributed by atoms with Gasteiger partial charge in [0.25, 0.3) is 11.5 Å². The first-order valence-electron chi connectivity index (χ1n) is 8.11. The van der Waals surface area contributed by atoms with Crippen molar-refractivity contribution in [2.45, 2.75) is 12.5 Å². The van der Waals surface area contributed by atoms with Crippen molar-refractivity contribution in [1.29, 1.82) is 0 Å². The molecule has 3 N–H and O–H groups in total. The number of amides is 1. The second-order valence-electron chi connectivity index (χ2n) is 6.02. The molecule has 0 aliphatic rings. The number of rotatable bonds is 7. The van der Waals surface area contributed by atoms with Crippen LogP contribution in [-0.4, -0.2) is 44.6 Å². The fourth-order valence-electron chi connectivity index (χ4n) is 2.47. The van der Waals surface area contributed by atoms with Crippen LogP contribution in [0.25, 0.3) is 0 Å². The van der Waals surface area contributed by atoms with Gasteiger partial charge in [0.1, 0.15) is 24.1 Å². The molecule has 0 aliphatic carbocycles. The van der Waals surface area contributed by atoms with E-state index in [0.717, 1.165) is 9.13 Å². The van der Waals surface area contributed by atoms with Crippen molar-refractivity contribution in [2.75, 3.05) is 13.2 Å². The molecule has 11 heteroatoms. The van der Waals surface area contributed by atoms with Crippen LogP contribution in [0.4, 0.5) is 4.39 Å². The van der Waals surface area contributed by atoms with Gasteiger partial charge < -0.3 is 10.2 Å². The number of hydroxylamine groups is 1. The molecule has 0 radical (unpaired) electrons. The maximum Gasteiger partial charge on any atom is 0.330 e. The minimum absolute atomic E-state index is 0.0111. The average molecular weight is 507 g/mol. The molecule has 1 aromatic carbocycles. The standard InChI is InChI=1S/C17H19FIN3O6/c1-21-13(5-9-3-4-10(19)6-12(9)18)14(16(26)22(2)17(21)27)15(25)20-28-8-11(24)7-23/h3-4,6,11,23-24H,5,7-8H2,1-2H3,(H,20,25). The summed E-state index contributed by atoms with van der Waals surface area (Å²) in [6, 6.07) is 4.47. The Bertz CT molecular complexity index is 1000. The maximum atomic E-state index is 14.3. The number of aliphatic hydroxyl groups is 2. The predicted octanol–water partition coefficient (Wildman–Crippen LogP) is -0.567. The first-order valence-corrected chi connectivity index (χ1v) is 9.19. The van der Waals surface area contributed by atoms with Crippen molar-refractivity contribution < 1.29 is 24.2 Å². The second-order valence-corrected chi connectivity index (χ2v) is 7.26. The Morgan fingerprint density at radius 1 is 1.32 bits per heavy atom. The van der Waals surface area contributed by atoms with E-state index in [1.165, 1.54) is 26.2 Å². The lowest BCUT2D eigenvalue weighted by Gasteiger charge is -2.16. The van der Waals surface area contributed by atoms with E-state index >= 15 is 0 Å². The van der Waals surface area contributed by atoms with Crippen LogP contribution in [0.1, 0.15) is 21.6 Å². The molecular weight excluding hydrogens is 488 g/mol. The van der Waals surface area contributed by atoms with Gasteiger partial charge in [0, 0.05) is 29.8 Å². The topological polar surface area (TPSA) is 123 Å². The summed E-state index contributed by atoms with van der Waals surface area (Å²) in [5.41, 5.74) is 0.286. The van der Waals surface area contributed by atoms with Crippen LogP contribution in [0.3, 0.4) is 0 Å². The zero-order valence-corrected chi connectivity index (χ0v) is 17.3. The molecule has 0 saturated carbocycles. The third kappa shape index (κ3) is 4.84. The molecule has 28 heavy (non-hydrogen) atoms. The van der Waals surface area contributed by atoms with E-state index in [-0.39, 0.29) is 23.2 Å². The van der Waals surface area contributed by atoms with Crippen LogP contribution in [0.2, 0.25) is 0 Å². The molecule has 1 unspecified atom stereocenters. The SMILES string of the molecule is Cn1c(Cc2ccc(I)cc2F)c(C(=O)NOCC(O)CO)c(=O)n(C)c1=O. The molecule has 0 bridgehead atoms. The quantitative estimate of drug-likeness (QED) is 0.341. The molecule has 0 saturated heterocycles. The number of carbonyl (C=O) groups excluding carboxylic acids is 1. The molecule has 152 valence electrons. The predicted molar refractivity (Wildman–Crippen MR) is 105 cm³/mol. The average Bonchev–Trinajstić information content (AvgIpc) is 2.66. The van der Waals surface area contributed by atoms with Gasteiger partial charge in [-0.15, -0.1) is 0 Å². The summed E-state index contributed by atoms with van der Waals surface area (Å²) in [4.78, 5) is 42.1. The zero-order valence-electron chi connectivity index (χ0n) is 15.1. The Labute approximate surface area is 172 Å². The molecule has 1 atom stereocenters. The zero-order chi connectivity index (χ0) is 21.0. The Balaban J connectivity index is 2.47. The van der Waals surface area contributed by atoms with E-state index in [9.17, 15) is 23.9 Å². The number of carbonyl (C=O) groups is 1. The van der Waals surface area contributed by atoms with Gasteiger partial charge in [-0.1, -0.05) is 6.07 Å². The fourth-order valence-corrected chi connectivity index (χ4v) is 2.93. The van der Waals surface area contributed by atoms with E-state index in [2.05, 4.69) is 0 Å². The summed E-state index contributed by atoms with van der Waals surface area (Å²) >= 11 is 1.95. The van der Waals surface area contributed by atoms with E-state index in [4.69, 9.17) is 9.94 Å². The van der Waals surface area contributed by atoms with Gasteiger partial charge in [0.15, 0.2) is 0 Å². The van der Waals surface area contributed by atoms with Gasteiger partial charge in [-0.05, 0) is 40.3 Å². The van der Waals surface area contributed by atoms with Crippen LogP contribution < -0.4 is 16.7 Å².